The third-order valence-corrected chi connectivity index (χ3v) is 2.72. The van der Waals surface area contributed by atoms with Crippen LogP contribution in [0.15, 0.2) is 36.4 Å². The molecule has 1 amide bonds. The second-order valence-corrected chi connectivity index (χ2v) is 4.13. The Kier molecular flexibility index (Phi) is 3.84. The number of hydrogen-bond donors (Lipinski definition) is 3. The maximum Gasteiger partial charge on any atom is 0.253 e. The lowest BCUT2D eigenvalue weighted by Gasteiger charge is -2.12. The van der Waals surface area contributed by atoms with E-state index in [1.165, 1.54) is 25.2 Å². The summed E-state index contributed by atoms with van der Waals surface area (Å²) in [5.41, 5.74) is 6.79. The molecule has 2 rings (SSSR count). The molecule has 0 aliphatic heterocycles. The van der Waals surface area contributed by atoms with E-state index in [1.807, 2.05) is 0 Å². The van der Waals surface area contributed by atoms with Crippen LogP contribution in [0.1, 0.15) is 10.4 Å². The van der Waals surface area contributed by atoms with Gasteiger partial charge in [0.25, 0.3) is 5.91 Å². The van der Waals surface area contributed by atoms with Gasteiger partial charge in [-0.25, -0.2) is 8.78 Å². The first-order chi connectivity index (χ1) is 9.51. The number of anilines is 3. The van der Waals surface area contributed by atoms with Crippen LogP contribution in [0, 0.1) is 11.6 Å². The second kappa shape index (κ2) is 5.56. The topological polar surface area (TPSA) is 67.2 Å². The number of carbonyl (C=O) groups is 1. The maximum atomic E-state index is 13.6. The van der Waals surface area contributed by atoms with Crippen LogP contribution in [0.3, 0.4) is 0 Å². The molecule has 0 saturated heterocycles. The van der Waals surface area contributed by atoms with E-state index < -0.39 is 11.6 Å². The molecule has 4 N–H and O–H groups in total. The van der Waals surface area contributed by atoms with Gasteiger partial charge in [-0.2, -0.15) is 0 Å². The van der Waals surface area contributed by atoms with Gasteiger partial charge >= 0.3 is 0 Å². The molecule has 0 spiro atoms. The SMILES string of the molecule is CNC(=O)c1ccc(N)cc1Nc1ccc(F)cc1F. The van der Waals surface area contributed by atoms with Crippen molar-refractivity contribution in [2.75, 3.05) is 18.1 Å². The summed E-state index contributed by atoms with van der Waals surface area (Å²) in [6.45, 7) is 0. The average molecular weight is 277 g/mol. The van der Waals surface area contributed by atoms with E-state index in [0.29, 0.717) is 16.9 Å². The largest absolute Gasteiger partial charge is 0.399 e. The molecule has 4 nitrogen and oxygen atoms in total. The Balaban J connectivity index is 2.41. The number of halogens is 2. The van der Waals surface area contributed by atoms with Gasteiger partial charge in [-0.15, -0.1) is 0 Å². The molecule has 0 radical (unpaired) electrons. The molecule has 2 aromatic rings. The molecule has 0 fully saturated rings. The summed E-state index contributed by atoms with van der Waals surface area (Å²) in [5.74, 6) is -1.77. The minimum Gasteiger partial charge on any atom is -0.399 e. The van der Waals surface area contributed by atoms with Gasteiger partial charge in [0.15, 0.2) is 0 Å². The quantitative estimate of drug-likeness (QED) is 0.755. The van der Waals surface area contributed by atoms with Crippen LogP contribution < -0.4 is 16.4 Å². The highest BCUT2D eigenvalue weighted by Gasteiger charge is 2.12. The van der Waals surface area contributed by atoms with Crippen molar-refractivity contribution in [3.8, 4) is 0 Å². The Labute approximate surface area is 114 Å². The molecule has 0 atom stereocenters. The molecule has 2 aromatic carbocycles. The second-order valence-electron chi connectivity index (χ2n) is 4.13. The number of nitrogens with two attached hydrogens (primary N) is 1. The smallest absolute Gasteiger partial charge is 0.253 e. The maximum absolute atomic E-state index is 13.6. The summed E-state index contributed by atoms with van der Waals surface area (Å²) < 4.78 is 26.5. The first kappa shape index (κ1) is 13.8. The van der Waals surface area contributed by atoms with Crippen molar-refractivity contribution in [3.05, 3.63) is 53.6 Å². The minimum atomic E-state index is -0.754. The minimum absolute atomic E-state index is 0.0575. The fourth-order valence-electron chi connectivity index (χ4n) is 1.73. The van der Waals surface area contributed by atoms with Gasteiger partial charge in [0.1, 0.15) is 11.6 Å². The first-order valence-electron chi connectivity index (χ1n) is 5.85. The first-order valence-corrected chi connectivity index (χ1v) is 5.85. The fraction of sp³-hybridized carbons (Fsp3) is 0.0714. The molecule has 6 heteroatoms. The molecular weight excluding hydrogens is 264 g/mol. The Bertz CT molecular complexity index is 659. The number of nitrogen functional groups attached to an aromatic ring is 1. The summed E-state index contributed by atoms with van der Waals surface area (Å²) in [6.07, 6.45) is 0. The van der Waals surface area contributed by atoms with Crippen molar-refractivity contribution in [2.24, 2.45) is 0 Å². The predicted octanol–water partition coefficient (Wildman–Crippen LogP) is 2.65. The Morgan fingerprint density at radius 3 is 2.50 bits per heavy atom. The van der Waals surface area contributed by atoms with Gasteiger partial charge in [0, 0.05) is 18.8 Å². The molecule has 0 aliphatic rings. The van der Waals surface area contributed by atoms with Crippen LogP contribution in [0.2, 0.25) is 0 Å². The molecule has 0 aromatic heterocycles. The number of rotatable bonds is 3. The molecule has 0 unspecified atom stereocenters. The summed E-state index contributed by atoms with van der Waals surface area (Å²) in [6, 6.07) is 7.73. The zero-order valence-electron chi connectivity index (χ0n) is 10.7. The van der Waals surface area contributed by atoms with Crippen molar-refractivity contribution in [2.45, 2.75) is 0 Å². The van der Waals surface area contributed by atoms with Crippen LogP contribution >= 0.6 is 0 Å². The van der Waals surface area contributed by atoms with Crippen molar-refractivity contribution >= 4 is 23.0 Å². The van der Waals surface area contributed by atoms with Crippen LogP contribution in [-0.4, -0.2) is 13.0 Å². The number of hydrogen-bond acceptors (Lipinski definition) is 3. The van der Waals surface area contributed by atoms with E-state index in [9.17, 15) is 13.6 Å². The molecule has 0 bridgehead atoms. The number of carbonyl (C=O) groups excluding carboxylic acids is 1. The molecule has 0 saturated carbocycles. The Morgan fingerprint density at radius 1 is 1.10 bits per heavy atom. The normalized spacial score (nSPS) is 10.2. The van der Waals surface area contributed by atoms with E-state index in [2.05, 4.69) is 10.6 Å². The number of amides is 1. The predicted molar refractivity (Wildman–Crippen MR) is 73.9 cm³/mol. The van der Waals surface area contributed by atoms with Gasteiger partial charge in [0.05, 0.1) is 16.9 Å². The van der Waals surface area contributed by atoms with Gasteiger partial charge in [-0.1, -0.05) is 0 Å². The van der Waals surface area contributed by atoms with E-state index in [1.54, 1.807) is 6.07 Å². The summed E-state index contributed by atoms with van der Waals surface area (Å²) in [4.78, 5) is 11.7. The standard InChI is InChI=1S/C14H13F2N3O/c1-18-14(20)10-4-3-9(17)7-13(10)19-12-5-2-8(15)6-11(12)16/h2-7,19H,17H2,1H3,(H,18,20). The van der Waals surface area contributed by atoms with E-state index in [-0.39, 0.29) is 11.6 Å². The molecule has 104 valence electrons. The zero-order valence-corrected chi connectivity index (χ0v) is 10.7. The van der Waals surface area contributed by atoms with Crippen molar-refractivity contribution in [3.63, 3.8) is 0 Å². The number of nitrogens with one attached hydrogen (secondary N) is 2. The lowest BCUT2D eigenvalue weighted by Crippen LogP contribution is -2.19. The van der Waals surface area contributed by atoms with Gasteiger partial charge in [-0.3, -0.25) is 4.79 Å². The third-order valence-electron chi connectivity index (χ3n) is 2.72. The monoisotopic (exact) mass is 277 g/mol. The highest BCUT2D eigenvalue weighted by Crippen LogP contribution is 2.25. The molecule has 0 heterocycles. The van der Waals surface area contributed by atoms with Crippen LogP contribution in [0.4, 0.5) is 25.8 Å². The van der Waals surface area contributed by atoms with Crippen molar-refractivity contribution < 1.29 is 13.6 Å². The lowest BCUT2D eigenvalue weighted by molar-refractivity contribution is 0.0964. The van der Waals surface area contributed by atoms with E-state index in [0.717, 1.165) is 12.1 Å². The Morgan fingerprint density at radius 2 is 1.85 bits per heavy atom. The number of benzene rings is 2. The van der Waals surface area contributed by atoms with Crippen molar-refractivity contribution in [1.82, 2.24) is 5.32 Å². The van der Waals surface area contributed by atoms with Gasteiger partial charge in [0.2, 0.25) is 0 Å². The summed E-state index contributed by atoms with van der Waals surface area (Å²) in [7, 11) is 1.49. The van der Waals surface area contributed by atoms with Crippen LogP contribution in [0.5, 0.6) is 0 Å². The van der Waals surface area contributed by atoms with Gasteiger partial charge < -0.3 is 16.4 Å². The van der Waals surface area contributed by atoms with Crippen LogP contribution in [0.25, 0.3) is 0 Å². The summed E-state index contributed by atoms with van der Waals surface area (Å²) in [5, 5.41) is 5.22. The van der Waals surface area contributed by atoms with Gasteiger partial charge in [-0.05, 0) is 30.3 Å². The highest BCUT2D eigenvalue weighted by molar-refractivity contribution is 6.00. The van der Waals surface area contributed by atoms with Crippen LogP contribution in [-0.2, 0) is 0 Å². The third kappa shape index (κ3) is 2.85. The fourth-order valence-corrected chi connectivity index (χ4v) is 1.73. The lowest BCUT2D eigenvalue weighted by atomic mass is 10.1. The molecule has 0 aliphatic carbocycles. The highest BCUT2D eigenvalue weighted by atomic mass is 19.1. The Hall–Kier alpha value is -2.63. The molecule has 20 heavy (non-hydrogen) atoms. The zero-order chi connectivity index (χ0) is 14.7. The molecular formula is C14H13F2N3O. The van der Waals surface area contributed by atoms with E-state index >= 15 is 0 Å². The summed E-state index contributed by atoms with van der Waals surface area (Å²) >= 11 is 0. The average Bonchev–Trinajstić information content (AvgIpc) is 2.41. The van der Waals surface area contributed by atoms with E-state index in [4.69, 9.17) is 5.73 Å². The van der Waals surface area contributed by atoms with Crippen molar-refractivity contribution in [1.29, 1.82) is 0 Å².